The zero-order valence-corrected chi connectivity index (χ0v) is 19.7. The number of carbonyl (C=O) groups excluding carboxylic acids is 1. The Balaban J connectivity index is 1.45. The first-order valence-electron chi connectivity index (χ1n) is 11.2. The zero-order chi connectivity index (χ0) is 22.2. The van der Waals surface area contributed by atoms with Crippen LogP contribution in [-0.4, -0.2) is 40.0 Å². The van der Waals surface area contributed by atoms with E-state index in [1.807, 2.05) is 41.3 Å². The molecular weight excluding hydrogens is 442 g/mol. The lowest BCUT2D eigenvalue weighted by atomic mass is 9.94. The lowest BCUT2D eigenvalue weighted by molar-refractivity contribution is -0.124. The summed E-state index contributed by atoms with van der Waals surface area (Å²) in [5, 5.41) is 9.33. The first-order valence-corrected chi connectivity index (χ1v) is 12.4. The summed E-state index contributed by atoms with van der Waals surface area (Å²) >= 11 is 7.00. The van der Waals surface area contributed by atoms with E-state index in [2.05, 4.69) is 0 Å². The van der Waals surface area contributed by atoms with Crippen molar-refractivity contribution in [2.24, 2.45) is 11.8 Å². The number of methoxy groups -OCH3 is 1. The fraction of sp³-hybridized carbons (Fsp3) is 0.440. The Labute approximate surface area is 197 Å². The fourth-order valence-electron chi connectivity index (χ4n) is 5.36. The summed E-state index contributed by atoms with van der Waals surface area (Å²) in [5.74, 6) is 3.47. The molecular formula is C25H27NO4S2. The van der Waals surface area contributed by atoms with Crippen molar-refractivity contribution >= 4 is 40.3 Å². The van der Waals surface area contributed by atoms with E-state index in [0.717, 1.165) is 29.2 Å². The molecule has 5 nitrogen and oxygen atoms in total. The molecule has 2 heterocycles. The smallest absolute Gasteiger partial charge is 0.266 e. The van der Waals surface area contributed by atoms with Crippen molar-refractivity contribution in [3.63, 3.8) is 0 Å². The van der Waals surface area contributed by atoms with Crippen LogP contribution < -0.4 is 4.74 Å². The highest BCUT2D eigenvalue weighted by molar-refractivity contribution is 8.26. The largest absolute Gasteiger partial charge is 0.497 e. The molecule has 3 aliphatic rings. The van der Waals surface area contributed by atoms with Crippen LogP contribution in [0.15, 0.2) is 39.7 Å². The van der Waals surface area contributed by atoms with Crippen LogP contribution in [0.3, 0.4) is 0 Å². The van der Waals surface area contributed by atoms with Crippen LogP contribution in [0.1, 0.15) is 43.4 Å². The molecule has 2 aromatic rings. The van der Waals surface area contributed by atoms with Gasteiger partial charge in [0.1, 0.15) is 21.6 Å². The molecule has 1 amide bonds. The van der Waals surface area contributed by atoms with Crippen LogP contribution in [0.25, 0.3) is 17.4 Å². The van der Waals surface area contributed by atoms with Crippen LogP contribution in [0.4, 0.5) is 0 Å². The number of carbonyl (C=O) groups is 1. The average molecular weight is 470 g/mol. The number of amides is 1. The SMILES string of the molecule is COc1cccc(-c2cc(CCCO)c(C=C3SC(=S)N(C4CC5CCC4C5)C3=O)o2)c1. The first kappa shape index (κ1) is 21.7. The molecule has 2 aliphatic carbocycles. The summed E-state index contributed by atoms with van der Waals surface area (Å²) in [4.78, 5) is 15.8. The molecule has 3 unspecified atom stereocenters. The normalized spacial score (nSPS) is 26.0. The Kier molecular flexibility index (Phi) is 6.14. The Hall–Kier alpha value is -2.09. The van der Waals surface area contributed by atoms with Gasteiger partial charge in [-0.15, -0.1) is 0 Å². The minimum atomic E-state index is 0.00462. The number of fused-ring (bicyclic) bond motifs is 2. The lowest BCUT2D eigenvalue weighted by Crippen LogP contribution is -2.41. The second-order valence-corrected chi connectivity index (χ2v) is 10.5. The van der Waals surface area contributed by atoms with E-state index in [0.29, 0.717) is 39.5 Å². The van der Waals surface area contributed by atoms with Crippen molar-refractivity contribution in [2.45, 2.75) is 44.6 Å². The number of thiocarbonyl (C=S) groups is 1. The van der Waals surface area contributed by atoms with E-state index < -0.39 is 0 Å². The number of rotatable bonds is 7. The number of aryl methyl sites for hydroxylation is 1. The Morgan fingerprint density at radius 3 is 2.91 bits per heavy atom. The molecule has 5 rings (SSSR count). The summed E-state index contributed by atoms with van der Waals surface area (Å²) in [5.41, 5.74) is 1.88. The molecule has 1 saturated heterocycles. The van der Waals surface area contributed by atoms with E-state index in [-0.39, 0.29) is 18.6 Å². The number of ether oxygens (including phenoxy) is 1. The molecule has 3 atom stereocenters. The minimum absolute atomic E-state index is 0.00462. The zero-order valence-electron chi connectivity index (χ0n) is 18.1. The number of thioether (sulfide) groups is 1. The Bertz CT molecular complexity index is 1080. The van der Waals surface area contributed by atoms with Gasteiger partial charge in [-0.25, -0.2) is 0 Å². The number of hydrogen-bond acceptors (Lipinski definition) is 6. The van der Waals surface area contributed by atoms with Crippen molar-refractivity contribution in [2.75, 3.05) is 13.7 Å². The van der Waals surface area contributed by atoms with Crippen molar-refractivity contribution < 1.29 is 19.1 Å². The third kappa shape index (κ3) is 4.02. The van der Waals surface area contributed by atoms with Gasteiger partial charge in [0.25, 0.3) is 5.91 Å². The topological polar surface area (TPSA) is 62.9 Å². The fourth-order valence-corrected chi connectivity index (χ4v) is 6.70. The van der Waals surface area contributed by atoms with Gasteiger partial charge in [0, 0.05) is 24.3 Å². The van der Waals surface area contributed by atoms with Gasteiger partial charge in [-0.2, -0.15) is 0 Å². The number of benzene rings is 1. The summed E-state index contributed by atoms with van der Waals surface area (Å²) in [6.07, 6.45) is 7.94. The van der Waals surface area contributed by atoms with Crippen LogP contribution >= 0.6 is 24.0 Å². The maximum atomic E-state index is 13.3. The highest BCUT2D eigenvalue weighted by Gasteiger charge is 2.48. The molecule has 0 spiro atoms. The van der Waals surface area contributed by atoms with Crippen LogP contribution in [0, 0.1) is 11.8 Å². The van der Waals surface area contributed by atoms with E-state index in [1.54, 1.807) is 7.11 Å². The first-order chi connectivity index (χ1) is 15.6. The van der Waals surface area contributed by atoms with Gasteiger partial charge in [0.15, 0.2) is 0 Å². The molecule has 1 aromatic heterocycles. The molecule has 2 saturated carbocycles. The molecule has 2 bridgehead atoms. The van der Waals surface area contributed by atoms with Crippen molar-refractivity contribution in [1.82, 2.24) is 4.90 Å². The minimum Gasteiger partial charge on any atom is -0.497 e. The number of hydrogen-bond donors (Lipinski definition) is 1. The number of nitrogens with zero attached hydrogens (tertiary/aromatic N) is 1. The van der Waals surface area contributed by atoms with E-state index in [1.165, 1.54) is 31.0 Å². The van der Waals surface area contributed by atoms with E-state index in [4.69, 9.17) is 21.4 Å². The molecule has 1 aliphatic heterocycles. The summed E-state index contributed by atoms with van der Waals surface area (Å²) in [6, 6.07) is 9.95. The van der Waals surface area contributed by atoms with E-state index >= 15 is 0 Å². The van der Waals surface area contributed by atoms with Gasteiger partial charge in [-0.1, -0.05) is 42.5 Å². The Morgan fingerprint density at radius 2 is 2.19 bits per heavy atom. The molecule has 0 radical (unpaired) electrons. The summed E-state index contributed by atoms with van der Waals surface area (Å²) in [6.45, 7) is 0.103. The highest BCUT2D eigenvalue weighted by atomic mass is 32.2. The molecule has 1 N–H and O–H groups in total. The second-order valence-electron chi connectivity index (χ2n) is 8.85. The van der Waals surface area contributed by atoms with Gasteiger partial charge >= 0.3 is 0 Å². The second kappa shape index (κ2) is 9.04. The maximum Gasteiger partial charge on any atom is 0.266 e. The highest BCUT2D eigenvalue weighted by Crippen LogP contribution is 2.49. The Morgan fingerprint density at radius 1 is 1.31 bits per heavy atom. The summed E-state index contributed by atoms with van der Waals surface area (Å²) in [7, 11) is 1.64. The average Bonchev–Trinajstić information content (AvgIpc) is 3.57. The molecule has 168 valence electrons. The van der Waals surface area contributed by atoms with Crippen LogP contribution in [0.2, 0.25) is 0 Å². The quantitative estimate of drug-likeness (QED) is 0.440. The predicted molar refractivity (Wildman–Crippen MR) is 130 cm³/mol. The third-order valence-electron chi connectivity index (χ3n) is 6.92. The molecule has 3 fully saturated rings. The van der Waals surface area contributed by atoms with Gasteiger partial charge < -0.3 is 14.3 Å². The van der Waals surface area contributed by atoms with Gasteiger partial charge in [-0.3, -0.25) is 9.69 Å². The van der Waals surface area contributed by atoms with Crippen LogP contribution in [-0.2, 0) is 11.2 Å². The van der Waals surface area contributed by atoms with Crippen molar-refractivity contribution in [3.8, 4) is 17.1 Å². The van der Waals surface area contributed by atoms with E-state index in [9.17, 15) is 9.90 Å². The predicted octanol–water partition coefficient (Wildman–Crippen LogP) is 5.27. The molecule has 32 heavy (non-hydrogen) atoms. The monoisotopic (exact) mass is 469 g/mol. The van der Waals surface area contributed by atoms with Crippen molar-refractivity contribution in [3.05, 3.63) is 46.6 Å². The third-order valence-corrected chi connectivity index (χ3v) is 8.25. The molecule has 7 heteroatoms. The summed E-state index contributed by atoms with van der Waals surface area (Å²) < 4.78 is 12.2. The number of aliphatic hydroxyl groups excluding tert-OH is 1. The van der Waals surface area contributed by atoms with Crippen molar-refractivity contribution in [1.29, 1.82) is 0 Å². The van der Waals surface area contributed by atoms with Gasteiger partial charge in [-0.05, 0) is 67.7 Å². The standard InChI is InChI=1S/C25H27NO4S2/c1-29-19-6-2-4-17(12-19)21-13-18(5-3-9-27)22(30-21)14-23-24(28)26(25(31)32-23)20-11-15-7-8-16(20)10-15/h2,4,6,12-16,20,27H,3,5,7-11H2,1H3. The van der Waals surface area contributed by atoms with Gasteiger partial charge in [0.05, 0.1) is 12.0 Å². The maximum absolute atomic E-state index is 13.3. The van der Waals surface area contributed by atoms with Crippen LogP contribution in [0.5, 0.6) is 5.75 Å². The number of aliphatic hydroxyl groups is 1. The van der Waals surface area contributed by atoms with Gasteiger partial charge in [0.2, 0.25) is 0 Å². The lowest BCUT2D eigenvalue weighted by Gasteiger charge is -2.30. The molecule has 1 aromatic carbocycles. The number of furan rings is 1.